The molecule has 0 saturated carbocycles. The van der Waals surface area contributed by atoms with Crippen LogP contribution in [-0.2, 0) is 5.60 Å². The number of carbonyl (C=O) groups is 1. The molecule has 1 aliphatic heterocycles. The van der Waals surface area contributed by atoms with Crippen molar-refractivity contribution in [1.29, 1.82) is 0 Å². The summed E-state index contributed by atoms with van der Waals surface area (Å²) in [6, 6.07) is 11.5. The number of amides is 1. The number of hydrogen-bond donors (Lipinski definition) is 1. The fourth-order valence-corrected chi connectivity index (χ4v) is 3.96. The fourth-order valence-electron chi connectivity index (χ4n) is 3.33. The largest absolute Gasteiger partial charge is 0.383 e. The van der Waals surface area contributed by atoms with Gasteiger partial charge in [0.05, 0.1) is 11.6 Å². The molecule has 0 radical (unpaired) electrons. The van der Waals surface area contributed by atoms with E-state index in [1.54, 1.807) is 0 Å². The molecule has 1 N–H and O–H groups in total. The molecule has 122 valence electrons. The second-order valence-electron chi connectivity index (χ2n) is 6.28. The minimum absolute atomic E-state index is 0.0493. The average molecular weight is 330 g/mol. The zero-order chi connectivity index (χ0) is 16.4. The van der Waals surface area contributed by atoms with Crippen LogP contribution >= 0.6 is 11.3 Å². The van der Waals surface area contributed by atoms with Gasteiger partial charge in [0, 0.05) is 18.5 Å². The summed E-state index contributed by atoms with van der Waals surface area (Å²) in [5, 5.41) is 15.1. The Bertz CT molecular complexity index is 657. The Balaban J connectivity index is 1.86. The van der Waals surface area contributed by atoms with Gasteiger partial charge in [0.2, 0.25) is 0 Å². The van der Waals surface area contributed by atoms with Gasteiger partial charge in [-0.25, -0.2) is 0 Å². The normalized spacial score (nSPS) is 24.9. The third-order valence-electron chi connectivity index (χ3n) is 4.66. The standard InChI is InChI=1S/C18H22N2O2S/c1-19(2)16-12-20(17(21)14-8-11-23-13-14)10-9-18(16,22)15-6-4-3-5-7-15/h3-8,11,13,16,22H,9-10,12H2,1-2H3/t16-,18+/m1/s1. The first-order valence-electron chi connectivity index (χ1n) is 7.78. The summed E-state index contributed by atoms with van der Waals surface area (Å²) in [5.41, 5.74) is 0.718. The van der Waals surface area contributed by atoms with E-state index in [2.05, 4.69) is 0 Å². The van der Waals surface area contributed by atoms with Gasteiger partial charge in [0.25, 0.3) is 5.91 Å². The van der Waals surface area contributed by atoms with Gasteiger partial charge in [-0.15, -0.1) is 0 Å². The lowest BCUT2D eigenvalue weighted by Gasteiger charge is -2.47. The molecule has 23 heavy (non-hydrogen) atoms. The Morgan fingerprint density at radius 2 is 2.04 bits per heavy atom. The summed E-state index contributed by atoms with van der Waals surface area (Å²) >= 11 is 1.53. The third kappa shape index (κ3) is 3.04. The van der Waals surface area contributed by atoms with E-state index in [0.29, 0.717) is 19.5 Å². The lowest BCUT2D eigenvalue weighted by molar-refractivity contribution is -0.0810. The summed E-state index contributed by atoms with van der Waals surface area (Å²) in [5.74, 6) is 0.0493. The fraction of sp³-hybridized carbons (Fsp3) is 0.389. The number of benzene rings is 1. The highest BCUT2D eigenvalue weighted by molar-refractivity contribution is 7.08. The molecule has 0 unspecified atom stereocenters. The average Bonchev–Trinajstić information content (AvgIpc) is 3.09. The predicted octanol–water partition coefficient (Wildman–Crippen LogP) is 2.41. The minimum Gasteiger partial charge on any atom is -0.383 e. The monoisotopic (exact) mass is 330 g/mol. The highest BCUT2D eigenvalue weighted by atomic mass is 32.1. The molecular formula is C18H22N2O2S. The second-order valence-corrected chi connectivity index (χ2v) is 7.06. The molecule has 1 aliphatic rings. The second kappa shape index (κ2) is 6.43. The number of aliphatic hydroxyl groups is 1. The number of thiophene rings is 1. The number of rotatable bonds is 3. The Morgan fingerprint density at radius 3 is 2.65 bits per heavy atom. The molecule has 0 spiro atoms. The van der Waals surface area contributed by atoms with Crippen LogP contribution in [0.2, 0.25) is 0 Å². The van der Waals surface area contributed by atoms with Crippen molar-refractivity contribution in [1.82, 2.24) is 9.80 Å². The van der Waals surface area contributed by atoms with Gasteiger partial charge in [-0.1, -0.05) is 30.3 Å². The van der Waals surface area contributed by atoms with E-state index >= 15 is 0 Å². The molecule has 1 aromatic heterocycles. The van der Waals surface area contributed by atoms with Gasteiger partial charge < -0.3 is 14.9 Å². The van der Waals surface area contributed by atoms with E-state index in [0.717, 1.165) is 11.1 Å². The van der Waals surface area contributed by atoms with Gasteiger partial charge in [-0.2, -0.15) is 11.3 Å². The van der Waals surface area contributed by atoms with Crippen LogP contribution in [0.25, 0.3) is 0 Å². The Morgan fingerprint density at radius 1 is 1.30 bits per heavy atom. The number of hydrogen-bond acceptors (Lipinski definition) is 4. The molecule has 1 fully saturated rings. The molecule has 2 aromatic rings. The van der Waals surface area contributed by atoms with Crippen molar-refractivity contribution in [2.24, 2.45) is 0 Å². The number of likely N-dealkylation sites (tertiary alicyclic amines) is 1. The maximum Gasteiger partial charge on any atom is 0.254 e. The van der Waals surface area contributed by atoms with Crippen LogP contribution in [0.1, 0.15) is 22.3 Å². The SMILES string of the molecule is CN(C)[C@@H]1CN(C(=O)c2ccsc2)CC[C@]1(O)c1ccccc1. The zero-order valence-corrected chi connectivity index (χ0v) is 14.3. The van der Waals surface area contributed by atoms with Crippen molar-refractivity contribution in [3.63, 3.8) is 0 Å². The van der Waals surface area contributed by atoms with E-state index in [-0.39, 0.29) is 11.9 Å². The maximum absolute atomic E-state index is 12.6. The maximum atomic E-state index is 12.6. The first-order valence-corrected chi connectivity index (χ1v) is 8.72. The summed E-state index contributed by atoms with van der Waals surface area (Å²) in [7, 11) is 3.91. The lowest BCUT2D eigenvalue weighted by Crippen LogP contribution is -2.60. The van der Waals surface area contributed by atoms with E-state index in [1.807, 2.05) is 71.1 Å². The van der Waals surface area contributed by atoms with Gasteiger partial charge in [-0.3, -0.25) is 4.79 Å². The molecule has 1 aromatic carbocycles. The first kappa shape index (κ1) is 16.2. The summed E-state index contributed by atoms with van der Waals surface area (Å²) in [4.78, 5) is 16.5. The summed E-state index contributed by atoms with van der Waals surface area (Å²) in [6.07, 6.45) is 0.537. The molecule has 3 rings (SSSR count). The summed E-state index contributed by atoms with van der Waals surface area (Å²) in [6.45, 7) is 1.08. The van der Waals surface area contributed by atoms with Gasteiger partial charge in [0.15, 0.2) is 0 Å². The summed E-state index contributed by atoms with van der Waals surface area (Å²) < 4.78 is 0. The van der Waals surface area contributed by atoms with Gasteiger partial charge >= 0.3 is 0 Å². The van der Waals surface area contributed by atoms with E-state index in [9.17, 15) is 9.90 Å². The molecule has 4 nitrogen and oxygen atoms in total. The molecular weight excluding hydrogens is 308 g/mol. The lowest BCUT2D eigenvalue weighted by atomic mass is 9.79. The zero-order valence-electron chi connectivity index (χ0n) is 13.5. The molecule has 0 aliphatic carbocycles. The number of nitrogens with zero attached hydrogens (tertiary/aromatic N) is 2. The van der Waals surface area contributed by atoms with Crippen LogP contribution in [0.3, 0.4) is 0 Å². The van der Waals surface area contributed by atoms with Gasteiger partial charge in [-0.05, 0) is 37.5 Å². The first-order chi connectivity index (χ1) is 11.0. The van der Waals surface area contributed by atoms with Crippen molar-refractivity contribution < 1.29 is 9.90 Å². The Hall–Kier alpha value is -1.69. The number of carbonyl (C=O) groups excluding carboxylic acids is 1. The van der Waals surface area contributed by atoms with Crippen molar-refractivity contribution in [3.8, 4) is 0 Å². The molecule has 5 heteroatoms. The van der Waals surface area contributed by atoms with Crippen molar-refractivity contribution >= 4 is 17.2 Å². The van der Waals surface area contributed by atoms with E-state index in [1.165, 1.54) is 11.3 Å². The van der Waals surface area contributed by atoms with Crippen LogP contribution in [-0.4, -0.2) is 54.0 Å². The minimum atomic E-state index is -0.934. The predicted molar refractivity (Wildman–Crippen MR) is 92.7 cm³/mol. The van der Waals surface area contributed by atoms with Crippen LogP contribution in [0.15, 0.2) is 47.2 Å². The van der Waals surface area contributed by atoms with Crippen LogP contribution in [0.5, 0.6) is 0 Å². The van der Waals surface area contributed by atoms with Gasteiger partial charge in [0.1, 0.15) is 5.60 Å². The van der Waals surface area contributed by atoms with Crippen molar-refractivity contribution in [2.45, 2.75) is 18.1 Å². The Labute approximate surface area is 141 Å². The topological polar surface area (TPSA) is 43.8 Å². The van der Waals surface area contributed by atoms with E-state index in [4.69, 9.17) is 0 Å². The molecule has 2 heterocycles. The highest BCUT2D eigenvalue weighted by Gasteiger charge is 2.45. The van der Waals surface area contributed by atoms with Crippen LogP contribution in [0, 0.1) is 0 Å². The van der Waals surface area contributed by atoms with Crippen molar-refractivity contribution in [3.05, 3.63) is 58.3 Å². The van der Waals surface area contributed by atoms with E-state index < -0.39 is 5.60 Å². The van der Waals surface area contributed by atoms with Crippen molar-refractivity contribution in [2.75, 3.05) is 27.2 Å². The van der Waals surface area contributed by atoms with Crippen LogP contribution in [0.4, 0.5) is 0 Å². The Kier molecular flexibility index (Phi) is 4.53. The molecule has 1 amide bonds. The number of piperidine rings is 1. The smallest absolute Gasteiger partial charge is 0.254 e. The number of likely N-dealkylation sites (N-methyl/N-ethyl adjacent to an activating group) is 1. The van der Waals surface area contributed by atoms with Crippen LogP contribution < -0.4 is 0 Å². The third-order valence-corrected chi connectivity index (χ3v) is 5.34. The quantitative estimate of drug-likeness (QED) is 0.940. The molecule has 2 atom stereocenters. The highest BCUT2D eigenvalue weighted by Crippen LogP contribution is 2.35. The molecule has 0 bridgehead atoms. The molecule has 1 saturated heterocycles.